The molecule has 0 aliphatic heterocycles. The van der Waals surface area contributed by atoms with Crippen LogP contribution < -0.4 is 10.6 Å². The van der Waals surface area contributed by atoms with Gasteiger partial charge in [0.2, 0.25) is 11.8 Å². The van der Waals surface area contributed by atoms with Crippen LogP contribution in [0.25, 0.3) is 0 Å². The number of furan rings is 1. The molecule has 1 aliphatic rings. The maximum atomic E-state index is 13.3. The lowest BCUT2D eigenvalue weighted by molar-refractivity contribution is -0.140. The van der Waals surface area contributed by atoms with Crippen LogP contribution in [0.2, 0.25) is 0 Å². The normalized spacial score (nSPS) is 15.0. The second-order valence-corrected chi connectivity index (χ2v) is 7.53. The van der Waals surface area contributed by atoms with E-state index in [0.717, 1.165) is 25.7 Å². The molecule has 0 spiro atoms. The fourth-order valence-electron chi connectivity index (χ4n) is 3.78. The van der Waals surface area contributed by atoms with Crippen LogP contribution in [0, 0.1) is 0 Å². The highest BCUT2D eigenvalue weighted by atomic mass is 16.3. The van der Waals surface area contributed by atoms with E-state index in [1.165, 1.54) is 23.7 Å². The lowest BCUT2D eigenvalue weighted by Gasteiger charge is -2.32. The highest BCUT2D eigenvalue weighted by Crippen LogP contribution is 2.23. The molecule has 0 saturated heterocycles. The number of hydrogen-bond acceptors (Lipinski definition) is 5. The van der Waals surface area contributed by atoms with Crippen molar-refractivity contribution in [2.45, 2.75) is 44.2 Å². The molecule has 1 atom stereocenters. The van der Waals surface area contributed by atoms with Gasteiger partial charge >= 0.3 is 0 Å². The van der Waals surface area contributed by atoms with Crippen molar-refractivity contribution in [3.05, 3.63) is 66.9 Å². The Morgan fingerprint density at radius 3 is 2.68 bits per heavy atom. The van der Waals surface area contributed by atoms with Gasteiger partial charge < -0.3 is 20.0 Å². The van der Waals surface area contributed by atoms with E-state index in [0.29, 0.717) is 5.56 Å². The molecule has 0 bridgehead atoms. The first-order chi connectivity index (χ1) is 15.1. The van der Waals surface area contributed by atoms with E-state index in [9.17, 15) is 14.4 Å². The van der Waals surface area contributed by atoms with E-state index in [2.05, 4.69) is 22.2 Å². The summed E-state index contributed by atoms with van der Waals surface area (Å²) in [5, 5.41) is 5.65. The standard InChI is InChI=1S/C23H28N4O4/c1-2-13-27(20(28)16-25-22(29)19-11-7-14-31-19)21(17-8-6-12-24-15-17)23(30)26-18-9-4-3-5-10-18/h2,6-8,11-12,14-15,18,21H,1,3-5,9-10,13,16H2,(H,25,29)(H,26,30)/t21-/m0/s1. The van der Waals surface area contributed by atoms with E-state index < -0.39 is 17.9 Å². The number of nitrogens with zero attached hydrogens (tertiary/aromatic N) is 2. The Morgan fingerprint density at radius 1 is 1.23 bits per heavy atom. The number of nitrogens with one attached hydrogen (secondary N) is 2. The summed E-state index contributed by atoms with van der Waals surface area (Å²) in [6.07, 6.45) is 11.3. The summed E-state index contributed by atoms with van der Waals surface area (Å²) in [5.74, 6) is -1.05. The Labute approximate surface area is 181 Å². The predicted octanol–water partition coefficient (Wildman–Crippen LogP) is 2.61. The number of carbonyl (C=O) groups excluding carboxylic acids is 3. The van der Waals surface area contributed by atoms with Crippen LogP contribution in [-0.4, -0.2) is 46.7 Å². The maximum Gasteiger partial charge on any atom is 0.287 e. The molecule has 8 heteroatoms. The van der Waals surface area contributed by atoms with Gasteiger partial charge in [0, 0.05) is 30.5 Å². The van der Waals surface area contributed by atoms with Gasteiger partial charge in [-0.05, 0) is 31.0 Å². The molecule has 2 aromatic rings. The summed E-state index contributed by atoms with van der Waals surface area (Å²) in [5.41, 5.74) is 0.600. The molecule has 2 N–H and O–H groups in total. The largest absolute Gasteiger partial charge is 0.459 e. The van der Waals surface area contributed by atoms with Crippen molar-refractivity contribution in [2.24, 2.45) is 0 Å². The molecule has 1 saturated carbocycles. The number of amides is 3. The average Bonchev–Trinajstić information content (AvgIpc) is 3.33. The minimum atomic E-state index is -0.873. The smallest absolute Gasteiger partial charge is 0.287 e. The fraction of sp³-hybridized carbons (Fsp3) is 0.391. The molecular formula is C23H28N4O4. The zero-order valence-electron chi connectivity index (χ0n) is 17.5. The molecule has 2 heterocycles. The summed E-state index contributed by atoms with van der Waals surface area (Å²) < 4.78 is 5.05. The van der Waals surface area contributed by atoms with Crippen molar-refractivity contribution in [3.63, 3.8) is 0 Å². The number of aromatic nitrogens is 1. The van der Waals surface area contributed by atoms with Gasteiger partial charge in [0.25, 0.3) is 5.91 Å². The lowest BCUT2D eigenvalue weighted by atomic mass is 9.95. The van der Waals surface area contributed by atoms with Crippen molar-refractivity contribution >= 4 is 17.7 Å². The molecule has 1 aliphatic carbocycles. The molecule has 0 radical (unpaired) electrons. The van der Waals surface area contributed by atoms with E-state index >= 15 is 0 Å². The number of hydrogen-bond donors (Lipinski definition) is 2. The molecule has 0 unspecified atom stereocenters. The van der Waals surface area contributed by atoms with Crippen LogP contribution in [-0.2, 0) is 9.59 Å². The summed E-state index contributed by atoms with van der Waals surface area (Å²) in [7, 11) is 0. The maximum absolute atomic E-state index is 13.3. The van der Waals surface area contributed by atoms with E-state index in [4.69, 9.17) is 4.42 Å². The highest BCUT2D eigenvalue weighted by Gasteiger charge is 2.32. The number of carbonyl (C=O) groups is 3. The van der Waals surface area contributed by atoms with Gasteiger partial charge in [-0.2, -0.15) is 0 Å². The Balaban J connectivity index is 1.77. The topological polar surface area (TPSA) is 105 Å². The Morgan fingerprint density at radius 2 is 2.03 bits per heavy atom. The molecule has 164 valence electrons. The van der Waals surface area contributed by atoms with Gasteiger partial charge in [-0.25, -0.2) is 0 Å². The van der Waals surface area contributed by atoms with Crippen molar-refractivity contribution in [2.75, 3.05) is 13.1 Å². The van der Waals surface area contributed by atoms with Crippen LogP contribution >= 0.6 is 0 Å². The summed E-state index contributed by atoms with van der Waals surface area (Å²) in [6.45, 7) is 3.60. The summed E-state index contributed by atoms with van der Waals surface area (Å²) in [6, 6.07) is 5.82. The molecule has 31 heavy (non-hydrogen) atoms. The minimum Gasteiger partial charge on any atom is -0.459 e. The first kappa shape index (κ1) is 22.3. The van der Waals surface area contributed by atoms with Gasteiger partial charge in [0.1, 0.15) is 6.04 Å². The van der Waals surface area contributed by atoms with Gasteiger partial charge in [-0.15, -0.1) is 6.58 Å². The van der Waals surface area contributed by atoms with E-state index in [1.807, 2.05) is 0 Å². The Hall–Kier alpha value is -3.42. The van der Waals surface area contributed by atoms with Gasteiger partial charge in [0.05, 0.1) is 12.8 Å². The van der Waals surface area contributed by atoms with E-state index in [-0.39, 0.29) is 30.8 Å². The second kappa shape index (κ2) is 11.1. The molecular weight excluding hydrogens is 396 g/mol. The highest BCUT2D eigenvalue weighted by molar-refractivity contribution is 5.95. The Bertz CT molecular complexity index is 876. The molecule has 3 rings (SSSR count). The molecule has 0 aromatic carbocycles. The minimum absolute atomic E-state index is 0.0970. The van der Waals surface area contributed by atoms with Crippen LogP contribution in [0.15, 0.2) is 60.0 Å². The summed E-state index contributed by atoms with van der Waals surface area (Å²) >= 11 is 0. The first-order valence-corrected chi connectivity index (χ1v) is 10.5. The van der Waals surface area contributed by atoms with Gasteiger partial charge in [-0.3, -0.25) is 19.4 Å². The van der Waals surface area contributed by atoms with Crippen LogP contribution in [0.3, 0.4) is 0 Å². The molecule has 1 fully saturated rings. The molecule has 2 aromatic heterocycles. The zero-order valence-corrected chi connectivity index (χ0v) is 17.5. The van der Waals surface area contributed by atoms with Gasteiger partial charge in [0.15, 0.2) is 5.76 Å². The Kier molecular flexibility index (Phi) is 7.98. The van der Waals surface area contributed by atoms with Crippen LogP contribution in [0.4, 0.5) is 0 Å². The summed E-state index contributed by atoms with van der Waals surface area (Å²) in [4.78, 5) is 44.0. The first-order valence-electron chi connectivity index (χ1n) is 10.5. The van der Waals surface area contributed by atoms with Crippen molar-refractivity contribution in [1.82, 2.24) is 20.5 Å². The zero-order chi connectivity index (χ0) is 22.1. The third-order valence-electron chi connectivity index (χ3n) is 5.30. The van der Waals surface area contributed by atoms with Crippen LogP contribution in [0.5, 0.6) is 0 Å². The van der Waals surface area contributed by atoms with Crippen LogP contribution in [0.1, 0.15) is 54.3 Å². The monoisotopic (exact) mass is 424 g/mol. The molecule has 8 nitrogen and oxygen atoms in total. The number of pyridine rings is 1. The van der Waals surface area contributed by atoms with Crippen molar-refractivity contribution < 1.29 is 18.8 Å². The average molecular weight is 425 g/mol. The van der Waals surface area contributed by atoms with E-state index in [1.54, 1.807) is 36.7 Å². The second-order valence-electron chi connectivity index (χ2n) is 7.53. The number of rotatable bonds is 9. The third-order valence-corrected chi connectivity index (χ3v) is 5.30. The van der Waals surface area contributed by atoms with Gasteiger partial charge in [-0.1, -0.05) is 31.4 Å². The van der Waals surface area contributed by atoms with Crippen molar-refractivity contribution in [1.29, 1.82) is 0 Å². The predicted molar refractivity (Wildman–Crippen MR) is 115 cm³/mol. The SMILES string of the molecule is C=CCN(C(=O)CNC(=O)c1ccco1)[C@H](C(=O)NC1CCCCC1)c1cccnc1. The van der Waals surface area contributed by atoms with Crippen molar-refractivity contribution in [3.8, 4) is 0 Å². The lowest BCUT2D eigenvalue weighted by Crippen LogP contribution is -2.49. The quantitative estimate of drug-likeness (QED) is 0.602. The molecule has 3 amide bonds. The third kappa shape index (κ3) is 6.04. The fourth-order valence-corrected chi connectivity index (χ4v) is 3.78.